The van der Waals surface area contributed by atoms with E-state index in [1.807, 2.05) is 26.0 Å². The van der Waals surface area contributed by atoms with Crippen LogP contribution in [-0.2, 0) is 20.7 Å². The zero-order valence-corrected chi connectivity index (χ0v) is 16.8. The molecule has 0 unspecified atom stereocenters. The summed E-state index contributed by atoms with van der Waals surface area (Å²) in [6, 6.07) is 8.98. The molecule has 0 aliphatic heterocycles. The van der Waals surface area contributed by atoms with Gasteiger partial charge in [0.25, 0.3) is 0 Å². The molecule has 29 heavy (non-hydrogen) atoms. The lowest BCUT2D eigenvalue weighted by Gasteiger charge is -2.10. The van der Waals surface area contributed by atoms with Crippen molar-refractivity contribution in [2.45, 2.75) is 20.3 Å². The Morgan fingerprint density at radius 1 is 1.03 bits per heavy atom. The Balaban J connectivity index is 1.76. The molecule has 0 N–H and O–H groups in total. The molecule has 0 fully saturated rings. The number of hydrogen-bond acceptors (Lipinski definition) is 6. The first-order valence-electron chi connectivity index (χ1n) is 9.03. The molecule has 150 valence electrons. The summed E-state index contributed by atoms with van der Waals surface area (Å²) < 4.78 is 20.9. The van der Waals surface area contributed by atoms with Crippen molar-refractivity contribution in [2.75, 3.05) is 14.2 Å². The number of benzene rings is 2. The van der Waals surface area contributed by atoms with Crippen LogP contribution in [0.3, 0.4) is 0 Å². The van der Waals surface area contributed by atoms with Gasteiger partial charge in [0, 0.05) is 17.0 Å². The minimum atomic E-state index is -0.461. The molecule has 6 nitrogen and oxygen atoms in total. The lowest BCUT2D eigenvalue weighted by Crippen LogP contribution is -2.11. The van der Waals surface area contributed by atoms with Crippen molar-refractivity contribution in [1.82, 2.24) is 0 Å². The number of fused-ring (bicyclic) bond motifs is 1. The summed E-state index contributed by atoms with van der Waals surface area (Å²) in [5, 5.41) is 0.903. The van der Waals surface area contributed by atoms with Crippen LogP contribution in [0.4, 0.5) is 0 Å². The van der Waals surface area contributed by atoms with Gasteiger partial charge in [-0.2, -0.15) is 0 Å². The topological polar surface area (TPSA) is 75.0 Å². The fourth-order valence-corrected chi connectivity index (χ4v) is 2.89. The van der Waals surface area contributed by atoms with Gasteiger partial charge in [0.1, 0.15) is 5.58 Å². The fourth-order valence-electron chi connectivity index (χ4n) is 2.89. The van der Waals surface area contributed by atoms with Crippen molar-refractivity contribution in [3.8, 4) is 11.5 Å². The van der Waals surface area contributed by atoms with Crippen LogP contribution in [0.25, 0.3) is 17.0 Å². The zero-order chi connectivity index (χ0) is 21.0. The van der Waals surface area contributed by atoms with Crippen LogP contribution in [0.5, 0.6) is 11.5 Å². The Hall–Kier alpha value is -3.54. The summed E-state index contributed by atoms with van der Waals surface area (Å²) >= 11 is 0. The van der Waals surface area contributed by atoms with Crippen molar-refractivity contribution in [3.63, 3.8) is 0 Å². The summed E-state index contributed by atoms with van der Waals surface area (Å²) in [4.78, 5) is 23.7. The van der Waals surface area contributed by atoms with E-state index < -0.39 is 11.9 Å². The number of carbonyl (C=O) groups is 2. The molecule has 0 saturated heterocycles. The highest BCUT2D eigenvalue weighted by atomic mass is 16.6. The maximum absolute atomic E-state index is 12.5. The van der Waals surface area contributed by atoms with Crippen LogP contribution in [0.1, 0.15) is 22.3 Å². The summed E-state index contributed by atoms with van der Waals surface area (Å²) in [5.41, 5.74) is 4.48. The molecule has 6 heteroatoms. The van der Waals surface area contributed by atoms with Gasteiger partial charge in [-0.1, -0.05) is 6.07 Å². The lowest BCUT2D eigenvalue weighted by molar-refractivity contribution is -0.135. The van der Waals surface area contributed by atoms with Gasteiger partial charge in [0.15, 0.2) is 11.5 Å². The molecule has 1 aromatic heterocycles. The van der Waals surface area contributed by atoms with E-state index in [-0.39, 0.29) is 6.42 Å². The van der Waals surface area contributed by atoms with Crippen LogP contribution < -0.4 is 9.47 Å². The summed E-state index contributed by atoms with van der Waals surface area (Å²) in [6.45, 7) is 4.03. The zero-order valence-electron chi connectivity index (χ0n) is 16.8. The fraction of sp³-hybridized carbons (Fsp3) is 0.217. The van der Waals surface area contributed by atoms with Crippen molar-refractivity contribution in [2.24, 2.45) is 0 Å². The normalized spacial score (nSPS) is 11.0. The molecule has 3 rings (SSSR count). The highest BCUT2D eigenvalue weighted by Gasteiger charge is 2.15. The van der Waals surface area contributed by atoms with E-state index in [1.54, 1.807) is 30.5 Å². The Morgan fingerprint density at radius 3 is 2.52 bits per heavy atom. The number of aryl methyl sites for hydroxylation is 2. The molecule has 0 bridgehead atoms. The van der Waals surface area contributed by atoms with E-state index in [0.717, 1.165) is 27.7 Å². The average Bonchev–Trinajstić information content (AvgIpc) is 3.08. The second-order valence-electron chi connectivity index (χ2n) is 6.61. The highest BCUT2D eigenvalue weighted by Crippen LogP contribution is 2.30. The highest BCUT2D eigenvalue weighted by molar-refractivity contribution is 5.88. The summed E-state index contributed by atoms with van der Waals surface area (Å²) in [6.07, 6.45) is 4.54. The maximum atomic E-state index is 12.5. The molecule has 1 heterocycles. The molecule has 0 atom stereocenters. The predicted octanol–water partition coefficient (Wildman–Crippen LogP) is 4.39. The number of rotatable bonds is 6. The van der Waals surface area contributed by atoms with Crippen molar-refractivity contribution in [1.29, 1.82) is 0 Å². The first-order chi connectivity index (χ1) is 13.9. The molecule has 0 saturated carbocycles. The molecule has 0 aliphatic carbocycles. The minimum Gasteiger partial charge on any atom is -0.493 e. The molecule has 2 aromatic carbocycles. The van der Waals surface area contributed by atoms with Crippen LogP contribution in [0.15, 0.2) is 47.1 Å². The monoisotopic (exact) mass is 394 g/mol. The SMILES string of the molecule is COC(=O)/C=C/c1ccc(OC(=O)Cc2coc3cc(C)c(C)cc23)c(OC)c1. The Kier molecular flexibility index (Phi) is 6.02. The maximum Gasteiger partial charge on any atom is 0.330 e. The van der Waals surface area contributed by atoms with Gasteiger partial charge in [-0.25, -0.2) is 4.79 Å². The Morgan fingerprint density at radius 2 is 1.79 bits per heavy atom. The van der Waals surface area contributed by atoms with Crippen LogP contribution in [0.2, 0.25) is 0 Å². The lowest BCUT2D eigenvalue weighted by atomic mass is 10.0. The third kappa shape index (κ3) is 4.66. The van der Waals surface area contributed by atoms with Gasteiger partial charge in [-0.05, 0) is 60.9 Å². The van der Waals surface area contributed by atoms with E-state index in [2.05, 4.69) is 4.74 Å². The van der Waals surface area contributed by atoms with Crippen LogP contribution >= 0.6 is 0 Å². The Bertz CT molecular complexity index is 1090. The average molecular weight is 394 g/mol. The number of esters is 2. The molecule has 0 radical (unpaired) electrons. The predicted molar refractivity (Wildman–Crippen MR) is 109 cm³/mol. The van der Waals surface area contributed by atoms with Gasteiger partial charge >= 0.3 is 11.9 Å². The third-order valence-electron chi connectivity index (χ3n) is 4.63. The quantitative estimate of drug-likeness (QED) is 0.351. The second-order valence-corrected chi connectivity index (χ2v) is 6.61. The van der Waals surface area contributed by atoms with E-state index >= 15 is 0 Å². The van der Waals surface area contributed by atoms with Crippen molar-refractivity contribution in [3.05, 3.63) is 64.9 Å². The van der Waals surface area contributed by atoms with Gasteiger partial charge in [0.05, 0.1) is 26.9 Å². The largest absolute Gasteiger partial charge is 0.493 e. The molecular formula is C23H22O6. The van der Waals surface area contributed by atoms with Gasteiger partial charge in [-0.15, -0.1) is 0 Å². The summed E-state index contributed by atoms with van der Waals surface area (Å²) in [7, 11) is 2.79. The number of furan rings is 1. The molecule has 0 aliphatic rings. The number of carbonyl (C=O) groups excluding carboxylic acids is 2. The second kappa shape index (κ2) is 8.65. The number of hydrogen-bond donors (Lipinski definition) is 0. The number of ether oxygens (including phenoxy) is 3. The van der Waals surface area contributed by atoms with Crippen molar-refractivity contribution < 1.29 is 28.2 Å². The van der Waals surface area contributed by atoms with Crippen LogP contribution in [0, 0.1) is 13.8 Å². The molecule has 0 amide bonds. The van der Waals surface area contributed by atoms with Crippen LogP contribution in [-0.4, -0.2) is 26.2 Å². The van der Waals surface area contributed by atoms with Gasteiger partial charge < -0.3 is 18.6 Å². The number of methoxy groups -OCH3 is 2. The van der Waals surface area contributed by atoms with E-state index in [0.29, 0.717) is 17.1 Å². The van der Waals surface area contributed by atoms with E-state index in [4.69, 9.17) is 13.9 Å². The van der Waals surface area contributed by atoms with E-state index in [1.165, 1.54) is 20.3 Å². The molecule has 3 aromatic rings. The van der Waals surface area contributed by atoms with Gasteiger partial charge in [-0.3, -0.25) is 4.79 Å². The summed E-state index contributed by atoms with van der Waals surface area (Å²) in [5.74, 6) is -0.208. The smallest absolute Gasteiger partial charge is 0.330 e. The first-order valence-corrected chi connectivity index (χ1v) is 9.03. The first kappa shape index (κ1) is 20.2. The molecule has 0 spiro atoms. The van der Waals surface area contributed by atoms with Gasteiger partial charge in [0.2, 0.25) is 0 Å². The third-order valence-corrected chi connectivity index (χ3v) is 4.63. The molecular weight excluding hydrogens is 372 g/mol. The van der Waals surface area contributed by atoms with Crippen molar-refractivity contribution >= 4 is 29.0 Å². The standard InChI is InChI=1S/C23H22O6/c1-14-9-18-17(13-28-20(18)10-15(14)2)12-23(25)29-19-7-5-16(11-21(19)26-3)6-8-22(24)27-4/h5-11,13H,12H2,1-4H3/b8-6+. The Labute approximate surface area is 168 Å². The van der Waals surface area contributed by atoms with E-state index in [9.17, 15) is 9.59 Å². The minimum absolute atomic E-state index is 0.0721.